The summed E-state index contributed by atoms with van der Waals surface area (Å²) < 4.78 is 29.8. The number of rotatable bonds is 8. The monoisotopic (exact) mass is 484 g/mol. The number of carbonyl (C=O) groups excluding carboxylic acids is 3. The molecule has 2 N–H and O–H groups in total. The first-order valence-corrected chi connectivity index (χ1v) is 12.2. The summed E-state index contributed by atoms with van der Waals surface area (Å²) in [5.41, 5.74) is 0.514. The molecular formula is C26H29FN2O6. The number of furan rings is 1. The molecule has 3 fully saturated rings. The van der Waals surface area contributed by atoms with Gasteiger partial charge in [0.05, 0.1) is 19.1 Å². The Labute approximate surface area is 202 Å². The first kappa shape index (κ1) is 23.5. The predicted molar refractivity (Wildman–Crippen MR) is 123 cm³/mol. The highest BCUT2D eigenvalue weighted by Gasteiger charge is 2.47. The smallest absolute Gasteiger partial charge is 0.308 e. The van der Waals surface area contributed by atoms with Gasteiger partial charge >= 0.3 is 5.97 Å². The highest BCUT2D eigenvalue weighted by molar-refractivity contribution is 5.96. The highest BCUT2D eigenvalue weighted by atomic mass is 19.1. The lowest BCUT2D eigenvalue weighted by Gasteiger charge is -2.27. The van der Waals surface area contributed by atoms with Gasteiger partial charge in [-0.05, 0) is 36.6 Å². The van der Waals surface area contributed by atoms with Crippen molar-refractivity contribution in [2.45, 2.75) is 69.2 Å². The summed E-state index contributed by atoms with van der Waals surface area (Å²) >= 11 is 0. The molecule has 2 aromatic rings. The molecule has 2 aliphatic heterocycles. The lowest BCUT2D eigenvalue weighted by Crippen LogP contribution is -2.52. The molecule has 2 amide bonds. The van der Waals surface area contributed by atoms with E-state index in [2.05, 4.69) is 10.6 Å². The van der Waals surface area contributed by atoms with Crippen LogP contribution in [0.5, 0.6) is 0 Å². The maximum absolute atomic E-state index is 13.6. The van der Waals surface area contributed by atoms with Gasteiger partial charge in [-0.25, -0.2) is 4.39 Å². The number of hydrogen-bond donors (Lipinski definition) is 2. The normalized spacial score (nSPS) is 25.1. The van der Waals surface area contributed by atoms with E-state index < -0.39 is 29.9 Å². The fourth-order valence-corrected chi connectivity index (χ4v) is 5.05. The first-order valence-electron chi connectivity index (χ1n) is 12.2. The third-order valence-corrected chi connectivity index (χ3v) is 6.96. The number of carbonyl (C=O) groups is 3. The Balaban J connectivity index is 1.28. The Bertz CT molecular complexity index is 1090. The van der Waals surface area contributed by atoms with Crippen LogP contribution in [0.3, 0.4) is 0 Å². The molecule has 9 heteroatoms. The van der Waals surface area contributed by atoms with Crippen LogP contribution in [0.25, 0.3) is 11.3 Å². The summed E-state index contributed by atoms with van der Waals surface area (Å²) in [5.74, 6) is -0.934. The van der Waals surface area contributed by atoms with Crippen molar-refractivity contribution >= 4 is 17.8 Å². The maximum Gasteiger partial charge on any atom is 0.308 e. The summed E-state index contributed by atoms with van der Waals surface area (Å²) in [6.45, 7) is 0.499. The second-order valence-electron chi connectivity index (χ2n) is 9.59. The van der Waals surface area contributed by atoms with E-state index in [0.717, 1.165) is 25.7 Å². The molecule has 1 aromatic heterocycles. The van der Waals surface area contributed by atoms with Crippen LogP contribution in [0, 0.1) is 11.7 Å². The fourth-order valence-electron chi connectivity index (χ4n) is 5.05. The van der Waals surface area contributed by atoms with Gasteiger partial charge in [0.1, 0.15) is 23.7 Å². The van der Waals surface area contributed by atoms with Crippen molar-refractivity contribution in [3.05, 3.63) is 48.0 Å². The molecule has 3 aliphatic rings. The van der Waals surface area contributed by atoms with Crippen LogP contribution < -0.4 is 10.6 Å². The number of halogens is 1. The SMILES string of the molecule is O=C1C[C@H](NC(=O)[C@H](CC2CCCCC2)NC(=O)c2ccc(-c3cccc(F)c3)o2)C(C2CO2)O1. The van der Waals surface area contributed by atoms with Crippen LogP contribution in [0.4, 0.5) is 4.39 Å². The summed E-state index contributed by atoms with van der Waals surface area (Å²) in [6.07, 6.45) is 5.29. The molecule has 8 nitrogen and oxygen atoms in total. The molecule has 2 unspecified atom stereocenters. The molecule has 35 heavy (non-hydrogen) atoms. The van der Waals surface area contributed by atoms with Crippen molar-refractivity contribution in [1.29, 1.82) is 0 Å². The van der Waals surface area contributed by atoms with E-state index in [4.69, 9.17) is 13.9 Å². The van der Waals surface area contributed by atoms with E-state index in [9.17, 15) is 18.8 Å². The van der Waals surface area contributed by atoms with Gasteiger partial charge in [-0.2, -0.15) is 0 Å². The van der Waals surface area contributed by atoms with Gasteiger partial charge in [0.15, 0.2) is 11.9 Å². The predicted octanol–water partition coefficient (Wildman–Crippen LogP) is 3.35. The molecule has 3 heterocycles. The summed E-state index contributed by atoms with van der Waals surface area (Å²) in [6, 6.07) is 7.74. The van der Waals surface area contributed by atoms with Gasteiger partial charge in [-0.3, -0.25) is 14.4 Å². The summed E-state index contributed by atoms with van der Waals surface area (Å²) in [7, 11) is 0. The molecule has 2 saturated heterocycles. The largest absolute Gasteiger partial charge is 0.457 e. The van der Waals surface area contributed by atoms with Crippen LogP contribution in [-0.4, -0.2) is 48.7 Å². The minimum Gasteiger partial charge on any atom is -0.457 e. The lowest BCUT2D eigenvalue weighted by atomic mass is 9.84. The van der Waals surface area contributed by atoms with E-state index in [-0.39, 0.29) is 30.2 Å². The van der Waals surface area contributed by atoms with Gasteiger partial charge in [0.2, 0.25) is 5.91 Å². The van der Waals surface area contributed by atoms with Gasteiger partial charge in [-0.15, -0.1) is 0 Å². The number of ether oxygens (including phenoxy) is 2. The summed E-state index contributed by atoms with van der Waals surface area (Å²) in [5, 5.41) is 5.74. The van der Waals surface area contributed by atoms with Gasteiger partial charge in [0, 0.05) is 5.56 Å². The fraction of sp³-hybridized carbons (Fsp3) is 0.500. The van der Waals surface area contributed by atoms with Crippen molar-refractivity contribution in [3.8, 4) is 11.3 Å². The molecule has 0 bridgehead atoms. The number of esters is 1. The molecule has 1 aliphatic carbocycles. The molecule has 5 rings (SSSR count). The van der Waals surface area contributed by atoms with Crippen LogP contribution in [0.2, 0.25) is 0 Å². The molecule has 1 aromatic carbocycles. The minimum absolute atomic E-state index is 0.0364. The topological polar surface area (TPSA) is 110 Å². The number of nitrogens with one attached hydrogen (secondary N) is 2. The molecule has 4 atom stereocenters. The van der Waals surface area contributed by atoms with Crippen LogP contribution >= 0.6 is 0 Å². The Morgan fingerprint density at radius 2 is 1.91 bits per heavy atom. The third kappa shape index (κ3) is 5.73. The van der Waals surface area contributed by atoms with Crippen LogP contribution in [0.1, 0.15) is 55.5 Å². The van der Waals surface area contributed by atoms with E-state index in [0.29, 0.717) is 30.3 Å². The van der Waals surface area contributed by atoms with Crippen molar-refractivity contribution in [1.82, 2.24) is 10.6 Å². The number of cyclic esters (lactones) is 1. The van der Waals surface area contributed by atoms with Gasteiger partial charge in [-0.1, -0.05) is 44.2 Å². The second kappa shape index (κ2) is 10.2. The number of hydrogen-bond acceptors (Lipinski definition) is 6. The Morgan fingerprint density at radius 1 is 1.11 bits per heavy atom. The zero-order valence-electron chi connectivity index (χ0n) is 19.3. The van der Waals surface area contributed by atoms with Crippen LogP contribution in [-0.2, 0) is 19.1 Å². The molecule has 186 valence electrons. The number of benzene rings is 1. The summed E-state index contributed by atoms with van der Waals surface area (Å²) in [4.78, 5) is 38.2. The van der Waals surface area contributed by atoms with Crippen molar-refractivity contribution in [3.63, 3.8) is 0 Å². The molecule has 0 spiro atoms. The zero-order valence-corrected chi connectivity index (χ0v) is 19.3. The van der Waals surface area contributed by atoms with Crippen LogP contribution in [0.15, 0.2) is 40.8 Å². The molecule has 1 saturated carbocycles. The quantitative estimate of drug-likeness (QED) is 0.439. The second-order valence-corrected chi connectivity index (χ2v) is 9.59. The van der Waals surface area contributed by atoms with E-state index >= 15 is 0 Å². The van der Waals surface area contributed by atoms with Crippen molar-refractivity contribution in [2.75, 3.05) is 6.61 Å². The van der Waals surface area contributed by atoms with Gasteiger partial charge in [0.25, 0.3) is 5.91 Å². The molecular weight excluding hydrogens is 455 g/mol. The number of amides is 2. The Hall–Kier alpha value is -3.20. The highest BCUT2D eigenvalue weighted by Crippen LogP contribution is 2.30. The average molecular weight is 485 g/mol. The third-order valence-electron chi connectivity index (χ3n) is 6.96. The Kier molecular flexibility index (Phi) is 6.86. The Morgan fingerprint density at radius 3 is 2.66 bits per heavy atom. The maximum atomic E-state index is 13.6. The van der Waals surface area contributed by atoms with Gasteiger partial charge < -0.3 is 24.5 Å². The van der Waals surface area contributed by atoms with E-state index in [1.54, 1.807) is 18.2 Å². The lowest BCUT2D eigenvalue weighted by molar-refractivity contribution is -0.142. The average Bonchev–Trinajstić information content (AvgIpc) is 3.44. The van der Waals surface area contributed by atoms with E-state index in [1.807, 2.05) is 0 Å². The van der Waals surface area contributed by atoms with Crippen molar-refractivity contribution in [2.24, 2.45) is 5.92 Å². The first-order chi connectivity index (χ1) is 17.0. The minimum atomic E-state index is -0.787. The van der Waals surface area contributed by atoms with E-state index in [1.165, 1.54) is 24.6 Å². The standard InChI is InChI=1S/C26H29FN2O6/c27-17-8-4-7-16(12-17)20-9-10-21(34-20)26(32)29-19(11-15-5-2-1-3-6-15)25(31)28-18-13-23(30)35-24(18)22-14-33-22/h4,7-10,12,15,18-19,22,24H,1-3,5-6,11,13-14H2,(H,28,31)(H,29,32)/t18-,19-,22?,24?/m0/s1. The zero-order chi connectivity index (χ0) is 24.4. The van der Waals surface area contributed by atoms with Crippen molar-refractivity contribution < 1.29 is 32.7 Å². The number of epoxide rings is 1. The molecule has 0 radical (unpaired) electrons.